The number of nitrogens with one attached hydrogen (secondary N) is 2. The van der Waals surface area contributed by atoms with E-state index in [0.717, 1.165) is 12.0 Å². The molecule has 0 aliphatic heterocycles. The summed E-state index contributed by atoms with van der Waals surface area (Å²) < 4.78 is 0. The number of amides is 2. The number of nitrogens with zero attached hydrogens (tertiary/aromatic N) is 1. The van der Waals surface area contributed by atoms with Crippen molar-refractivity contribution in [2.24, 2.45) is 5.92 Å². The van der Waals surface area contributed by atoms with Crippen molar-refractivity contribution >= 4 is 17.5 Å². The number of anilines is 1. The Morgan fingerprint density at radius 2 is 1.63 bits per heavy atom. The third-order valence-electron chi connectivity index (χ3n) is 4.14. The highest BCUT2D eigenvalue weighted by atomic mass is 16.2. The fourth-order valence-corrected chi connectivity index (χ4v) is 2.76. The van der Waals surface area contributed by atoms with Crippen molar-refractivity contribution < 1.29 is 9.59 Å². The van der Waals surface area contributed by atoms with Crippen molar-refractivity contribution in [3.8, 4) is 6.07 Å². The van der Waals surface area contributed by atoms with Crippen LogP contribution >= 0.6 is 0 Å². The molecule has 0 spiro atoms. The summed E-state index contributed by atoms with van der Waals surface area (Å²) in [5.41, 5.74) is 3.41. The van der Waals surface area contributed by atoms with Crippen molar-refractivity contribution in [3.05, 3.63) is 65.2 Å². The van der Waals surface area contributed by atoms with E-state index in [-0.39, 0.29) is 24.3 Å². The van der Waals surface area contributed by atoms with E-state index in [0.29, 0.717) is 17.2 Å². The summed E-state index contributed by atoms with van der Waals surface area (Å²) in [5.74, 6) is 0.0635. The lowest BCUT2D eigenvalue weighted by molar-refractivity contribution is -0.115. The fraction of sp³-hybridized carbons (Fsp3) is 0.318. The normalized spacial score (nSPS) is 11.5. The molecule has 2 rings (SSSR count). The van der Waals surface area contributed by atoms with Gasteiger partial charge in [0.1, 0.15) is 6.42 Å². The van der Waals surface area contributed by atoms with Crippen LogP contribution in [0.5, 0.6) is 0 Å². The minimum atomic E-state index is -0.371. The number of benzene rings is 2. The molecule has 0 fully saturated rings. The highest BCUT2D eigenvalue weighted by Crippen LogP contribution is 2.17. The Morgan fingerprint density at radius 1 is 1.00 bits per heavy atom. The number of carbonyl (C=O) groups is 2. The molecule has 0 aliphatic rings. The molecule has 1 atom stereocenters. The zero-order chi connectivity index (χ0) is 19.8. The van der Waals surface area contributed by atoms with Crippen LogP contribution in [-0.4, -0.2) is 11.8 Å². The van der Waals surface area contributed by atoms with E-state index in [9.17, 15) is 9.59 Å². The fourth-order valence-electron chi connectivity index (χ4n) is 2.76. The van der Waals surface area contributed by atoms with Gasteiger partial charge in [-0.2, -0.15) is 5.26 Å². The van der Waals surface area contributed by atoms with Crippen LogP contribution in [0.15, 0.2) is 48.5 Å². The van der Waals surface area contributed by atoms with Crippen LogP contribution in [0.1, 0.15) is 54.7 Å². The van der Waals surface area contributed by atoms with Gasteiger partial charge in [-0.1, -0.05) is 38.1 Å². The molecule has 0 saturated heterocycles. The van der Waals surface area contributed by atoms with Crippen LogP contribution in [0.25, 0.3) is 0 Å². The van der Waals surface area contributed by atoms with Crippen LogP contribution in [0.3, 0.4) is 0 Å². The van der Waals surface area contributed by atoms with E-state index in [1.54, 1.807) is 30.3 Å². The van der Waals surface area contributed by atoms with E-state index in [1.807, 2.05) is 6.92 Å². The molecular weight excluding hydrogens is 338 g/mol. The Hall–Kier alpha value is -3.13. The van der Waals surface area contributed by atoms with Crippen molar-refractivity contribution in [1.29, 1.82) is 5.26 Å². The second kappa shape index (κ2) is 9.54. The van der Waals surface area contributed by atoms with Crippen LogP contribution < -0.4 is 10.6 Å². The van der Waals surface area contributed by atoms with E-state index in [4.69, 9.17) is 5.26 Å². The van der Waals surface area contributed by atoms with E-state index < -0.39 is 0 Å². The van der Waals surface area contributed by atoms with Gasteiger partial charge in [-0.25, -0.2) is 0 Å². The Kier molecular flexibility index (Phi) is 7.13. The first-order chi connectivity index (χ1) is 12.9. The number of carbonyl (C=O) groups excluding carboxylic acids is 2. The molecule has 0 aliphatic carbocycles. The Morgan fingerprint density at radius 3 is 2.19 bits per heavy atom. The maximum atomic E-state index is 12.4. The maximum absolute atomic E-state index is 12.4. The number of rotatable bonds is 7. The Balaban J connectivity index is 1.95. The molecule has 2 amide bonds. The molecule has 27 heavy (non-hydrogen) atoms. The highest BCUT2D eigenvalue weighted by molar-refractivity contribution is 5.96. The Labute approximate surface area is 160 Å². The molecule has 5 nitrogen and oxygen atoms in total. The molecule has 2 N–H and O–H groups in total. The van der Waals surface area contributed by atoms with Gasteiger partial charge in [-0.3, -0.25) is 9.59 Å². The van der Waals surface area contributed by atoms with Crippen LogP contribution in [0.2, 0.25) is 0 Å². The molecule has 1 unspecified atom stereocenters. The molecule has 0 bridgehead atoms. The van der Waals surface area contributed by atoms with Gasteiger partial charge in [0.25, 0.3) is 5.91 Å². The van der Waals surface area contributed by atoms with Crippen molar-refractivity contribution in [2.45, 2.75) is 39.7 Å². The quantitative estimate of drug-likeness (QED) is 0.772. The first kappa shape index (κ1) is 20.2. The van der Waals surface area contributed by atoms with Crippen LogP contribution in [0.4, 0.5) is 5.69 Å². The molecule has 0 aromatic heterocycles. The monoisotopic (exact) mass is 363 g/mol. The second-order valence-corrected chi connectivity index (χ2v) is 7.00. The van der Waals surface area contributed by atoms with Gasteiger partial charge in [0.05, 0.1) is 12.1 Å². The van der Waals surface area contributed by atoms with E-state index in [2.05, 4.69) is 48.7 Å². The van der Waals surface area contributed by atoms with Crippen molar-refractivity contribution in [2.75, 3.05) is 5.32 Å². The summed E-state index contributed by atoms with van der Waals surface area (Å²) in [6, 6.07) is 16.6. The average molecular weight is 363 g/mol. The third kappa shape index (κ3) is 6.27. The number of hydrogen-bond acceptors (Lipinski definition) is 3. The zero-order valence-electron chi connectivity index (χ0n) is 16.0. The lowest BCUT2D eigenvalue weighted by Gasteiger charge is -2.15. The lowest BCUT2D eigenvalue weighted by atomic mass is 10.00. The smallest absolute Gasteiger partial charge is 0.251 e. The van der Waals surface area contributed by atoms with Gasteiger partial charge < -0.3 is 10.6 Å². The van der Waals surface area contributed by atoms with Crippen molar-refractivity contribution in [1.82, 2.24) is 5.32 Å². The molecule has 2 aromatic rings. The predicted molar refractivity (Wildman–Crippen MR) is 106 cm³/mol. The topological polar surface area (TPSA) is 82.0 Å². The number of nitriles is 1. The van der Waals surface area contributed by atoms with Crippen LogP contribution in [-0.2, 0) is 11.2 Å². The molecule has 0 saturated carbocycles. The summed E-state index contributed by atoms with van der Waals surface area (Å²) in [5, 5.41) is 14.1. The molecule has 0 radical (unpaired) electrons. The zero-order valence-corrected chi connectivity index (χ0v) is 16.0. The first-order valence-electron chi connectivity index (χ1n) is 9.05. The SMILES string of the molecule is CC(C)Cc1ccc(C(C)NC(=O)c2ccc(NC(=O)CC#N)cc2)cc1. The standard InChI is InChI=1S/C22H25N3O2/c1-15(2)14-17-4-6-18(7-5-17)16(3)24-22(27)19-8-10-20(11-9-19)25-21(26)12-13-23/h4-11,15-16H,12,14H2,1-3H3,(H,24,27)(H,25,26). The van der Waals surface area contributed by atoms with Crippen LogP contribution in [0, 0.1) is 17.2 Å². The van der Waals surface area contributed by atoms with Gasteiger partial charge >= 0.3 is 0 Å². The average Bonchev–Trinajstić information content (AvgIpc) is 2.62. The molecule has 5 heteroatoms. The summed E-state index contributed by atoms with van der Waals surface area (Å²) in [6.07, 6.45) is 0.841. The molecule has 0 heterocycles. The summed E-state index contributed by atoms with van der Waals surface area (Å²) in [7, 11) is 0. The largest absolute Gasteiger partial charge is 0.346 e. The van der Waals surface area contributed by atoms with Gasteiger partial charge in [0.15, 0.2) is 0 Å². The maximum Gasteiger partial charge on any atom is 0.251 e. The van der Waals surface area contributed by atoms with Gasteiger partial charge in [-0.05, 0) is 54.7 Å². The highest BCUT2D eigenvalue weighted by Gasteiger charge is 2.12. The first-order valence-corrected chi connectivity index (χ1v) is 9.05. The summed E-state index contributed by atoms with van der Waals surface area (Å²) >= 11 is 0. The van der Waals surface area contributed by atoms with Crippen molar-refractivity contribution in [3.63, 3.8) is 0 Å². The van der Waals surface area contributed by atoms with E-state index >= 15 is 0 Å². The summed E-state index contributed by atoms with van der Waals surface area (Å²) in [6.45, 7) is 6.33. The van der Waals surface area contributed by atoms with E-state index in [1.165, 1.54) is 5.56 Å². The predicted octanol–water partition coefficient (Wildman–Crippen LogP) is 4.23. The minimum Gasteiger partial charge on any atom is -0.346 e. The minimum absolute atomic E-state index is 0.111. The molecule has 140 valence electrons. The van der Waals surface area contributed by atoms with Gasteiger partial charge in [0, 0.05) is 11.3 Å². The number of hydrogen-bond donors (Lipinski definition) is 2. The third-order valence-corrected chi connectivity index (χ3v) is 4.14. The Bertz CT molecular complexity index is 818. The van der Waals surface area contributed by atoms with Gasteiger partial charge in [-0.15, -0.1) is 0 Å². The van der Waals surface area contributed by atoms with Gasteiger partial charge in [0.2, 0.25) is 5.91 Å². The summed E-state index contributed by atoms with van der Waals surface area (Å²) in [4.78, 5) is 23.8. The lowest BCUT2D eigenvalue weighted by Crippen LogP contribution is -2.26. The molecule has 2 aromatic carbocycles. The molecular formula is C22H25N3O2. The second-order valence-electron chi connectivity index (χ2n) is 7.00.